The standard InChI is InChI=1S/C42H59N3O13/c1-6-8-10-17-41(18-11-9-7-2)56-31-28-22-42(39(52)44-30(25(3)47)36(49)43-19-20-46)33(37(50)54-28)45(58-34(42)32(31)57-41)23-27-14-12-13-26(21-27)15-16-29(48)55-35-38(51)53-24-40(35,4)5/h12-16,21,25,28,30-35,46-47H,6-11,17-20,22-24H2,1-5H3,(H,43,49)(H,44,52)/t25-,28+,30+,31-,32-,33+,34+,35-,42+/m0/s1. The molecule has 16 heteroatoms. The van der Waals surface area contributed by atoms with E-state index in [1.54, 1.807) is 44.2 Å². The van der Waals surface area contributed by atoms with E-state index >= 15 is 0 Å². The average Bonchev–Trinajstić information content (AvgIpc) is 3.82. The third-order valence-corrected chi connectivity index (χ3v) is 11.9. The summed E-state index contributed by atoms with van der Waals surface area (Å²) in [7, 11) is 0. The van der Waals surface area contributed by atoms with E-state index in [0.717, 1.165) is 38.5 Å². The number of nitrogens with one attached hydrogen (secondary N) is 2. The lowest BCUT2D eigenvalue weighted by atomic mass is 9.62. The predicted octanol–water partition coefficient (Wildman–Crippen LogP) is 2.61. The lowest BCUT2D eigenvalue weighted by Gasteiger charge is -2.49. The number of hydrogen-bond acceptors (Lipinski definition) is 14. The van der Waals surface area contributed by atoms with Crippen molar-refractivity contribution in [1.29, 1.82) is 0 Å². The van der Waals surface area contributed by atoms with Gasteiger partial charge in [0.25, 0.3) is 0 Å². The van der Waals surface area contributed by atoms with Gasteiger partial charge in [0, 0.05) is 37.3 Å². The second-order valence-electron chi connectivity index (χ2n) is 16.9. The zero-order valence-electron chi connectivity index (χ0n) is 34.1. The number of amides is 2. The van der Waals surface area contributed by atoms with Crippen LogP contribution in [0.1, 0.15) is 104 Å². The normalized spacial score (nSPS) is 30.3. The van der Waals surface area contributed by atoms with Crippen LogP contribution in [0.2, 0.25) is 0 Å². The fraction of sp³-hybridized carbons (Fsp3) is 0.690. The number of aliphatic hydroxyl groups excluding tert-OH is 2. The summed E-state index contributed by atoms with van der Waals surface area (Å²) in [6.07, 6.45) is 3.88. The van der Waals surface area contributed by atoms with E-state index in [9.17, 15) is 34.2 Å². The molecule has 4 saturated heterocycles. The zero-order chi connectivity index (χ0) is 41.8. The van der Waals surface area contributed by atoms with Crippen molar-refractivity contribution in [3.63, 3.8) is 0 Å². The Morgan fingerprint density at radius 3 is 2.38 bits per heavy atom. The number of carbonyl (C=O) groups is 5. The topological polar surface area (TPSA) is 208 Å². The largest absolute Gasteiger partial charge is 0.462 e. The summed E-state index contributed by atoms with van der Waals surface area (Å²) in [5.41, 5.74) is -0.997. The molecular weight excluding hydrogens is 754 g/mol. The number of rotatable bonds is 19. The number of benzene rings is 1. The molecule has 6 rings (SSSR count). The minimum Gasteiger partial charge on any atom is -0.462 e. The van der Waals surface area contributed by atoms with Crippen molar-refractivity contribution in [1.82, 2.24) is 15.7 Å². The number of fused-ring (bicyclic) bond motifs is 4. The molecule has 4 aliphatic heterocycles. The van der Waals surface area contributed by atoms with Crippen LogP contribution in [0, 0.1) is 10.8 Å². The Labute approximate surface area is 339 Å². The number of ether oxygens (including phenoxy) is 5. The van der Waals surface area contributed by atoms with E-state index in [-0.39, 0.29) is 32.7 Å². The van der Waals surface area contributed by atoms with Gasteiger partial charge >= 0.3 is 17.9 Å². The second-order valence-corrected chi connectivity index (χ2v) is 16.9. The zero-order valence-corrected chi connectivity index (χ0v) is 34.1. The first-order valence-electron chi connectivity index (χ1n) is 20.7. The van der Waals surface area contributed by atoms with E-state index in [1.807, 2.05) is 0 Å². The van der Waals surface area contributed by atoms with Crippen molar-refractivity contribution in [3.05, 3.63) is 41.5 Å². The van der Waals surface area contributed by atoms with Crippen molar-refractivity contribution in [2.24, 2.45) is 10.8 Å². The first-order valence-corrected chi connectivity index (χ1v) is 20.7. The molecule has 0 spiro atoms. The van der Waals surface area contributed by atoms with E-state index in [1.165, 1.54) is 18.1 Å². The summed E-state index contributed by atoms with van der Waals surface area (Å²) in [5, 5.41) is 26.6. The third kappa shape index (κ3) is 8.82. The van der Waals surface area contributed by atoms with Crippen LogP contribution in [-0.4, -0.2) is 119 Å². The molecule has 320 valence electrons. The van der Waals surface area contributed by atoms with Gasteiger partial charge in [-0.15, -0.1) is 0 Å². The number of carbonyl (C=O) groups excluding carboxylic acids is 5. The number of unbranched alkanes of at least 4 members (excludes halogenated alkanes) is 4. The highest BCUT2D eigenvalue weighted by Crippen LogP contribution is 2.58. The summed E-state index contributed by atoms with van der Waals surface area (Å²) in [6.45, 7) is 8.89. The Morgan fingerprint density at radius 2 is 1.74 bits per heavy atom. The third-order valence-electron chi connectivity index (χ3n) is 11.9. The lowest BCUT2D eigenvalue weighted by Crippen LogP contribution is -2.71. The summed E-state index contributed by atoms with van der Waals surface area (Å²) in [6, 6.07) is 4.45. The molecule has 1 aliphatic carbocycles. The maximum absolute atomic E-state index is 14.8. The fourth-order valence-electron chi connectivity index (χ4n) is 8.90. The second kappa shape index (κ2) is 18.1. The van der Waals surface area contributed by atoms with Crippen LogP contribution in [0.3, 0.4) is 0 Å². The Kier molecular flexibility index (Phi) is 13.6. The van der Waals surface area contributed by atoms with E-state index in [4.69, 9.17) is 28.5 Å². The van der Waals surface area contributed by atoms with Crippen LogP contribution in [-0.2, 0) is 59.0 Å². The molecule has 4 N–H and O–H groups in total. The Bertz CT molecular complexity index is 1710. The fourth-order valence-corrected chi connectivity index (χ4v) is 8.90. The number of nitrogens with zero attached hydrogens (tertiary/aromatic N) is 1. The SMILES string of the molecule is CCCCCC1(CCCCC)O[C@@H]2[C@H](O1)[C@H]1ON(Cc3cccc(C=CC(=O)O[C@H]4C(=O)OCC4(C)C)c3)[C@@H]3C(=O)O[C@@H]2C[C@]13C(=O)N[C@@H](C(=O)NCCO)[C@H](C)O. The van der Waals surface area contributed by atoms with Gasteiger partial charge in [-0.2, -0.15) is 5.06 Å². The first kappa shape index (κ1) is 43.6. The van der Waals surface area contributed by atoms with Crippen LogP contribution in [0.15, 0.2) is 30.3 Å². The minimum atomic E-state index is -1.62. The summed E-state index contributed by atoms with van der Waals surface area (Å²) in [5.74, 6) is -4.36. The quantitative estimate of drug-likeness (QED) is 0.0686. The van der Waals surface area contributed by atoms with Crippen molar-refractivity contribution in [2.75, 3.05) is 19.8 Å². The van der Waals surface area contributed by atoms with E-state index in [2.05, 4.69) is 24.5 Å². The van der Waals surface area contributed by atoms with Gasteiger partial charge in [-0.1, -0.05) is 77.6 Å². The van der Waals surface area contributed by atoms with E-state index in [0.29, 0.717) is 24.0 Å². The molecule has 0 unspecified atom stereocenters. The van der Waals surface area contributed by atoms with Crippen molar-refractivity contribution >= 4 is 35.8 Å². The summed E-state index contributed by atoms with van der Waals surface area (Å²) < 4.78 is 30.3. The maximum Gasteiger partial charge on any atom is 0.348 e. The average molecular weight is 814 g/mol. The van der Waals surface area contributed by atoms with Crippen LogP contribution in [0.5, 0.6) is 0 Å². The highest BCUT2D eigenvalue weighted by Gasteiger charge is 2.76. The molecule has 1 saturated carbocycles. The molecule has 0 radical (unpaired) electrons. The van der Waals surface area contributed by atoms with Crippen molar-refractivity contribution in [3.8, 4) is 0 Å². The van der Waals surface area contributed by atoms with Crippen LogP contribution in [0.25, 0.3) is 6.08 Å². The highest BCUT2D eigenvalue weighted by atomic mass is 16.8. The molecule has 5 aliphatic rings. The van der Waals surface area contributed by atoms with Gasteiger partial charge in [-0.05, 0) is 37.0 Å². The van der Waals surface area contributed by atoms with Gasteiger partial charge in [0.05, 0.1) is 19.3 Å². The molecule has 4 heterocycles. The molecule has 1 aromatic rings. The van der Waals surface area contributed by atoms with Gasteiger partial charge < -0.3 is 44.5 Å². The van der Waals surface area contributed by atoms with Crippen LogP contribution in [0.4, 0.5) is 0 Å². The summed E-state index contributed by atoms with van der Waals surface area (Å²) >= 11 is 0. The molecule has 9 atom stereocenters. The van der Waals surface area contributed by atoms with Gasteiger partial charge in [-0.3, -0.25) is 19.2 Å². The molecule has 58 heavy (non-hydrogen) atoms. The molecular formula is C42H59N3O13. The van der Waals surface area contributed by atoms with Crippen LogP contribution >= 0.6 is 0 Å². The Balaban J connectivity index is 1.30. The van der Waals surface area contributed by atoms with Gasteiger partial charge in [-0.25, -0.2) is 9.59 Å². The monoisotopic (exact) mass is 813 g/mol. The van der Waals surface area contributed by atoms with Gasteiger partial charge in [0.2, 0.25) is 17.9 Å². The number of esters is 3. The van der Waals surface area contributed by atoms with E-state index < -0.39 is 95.0 Å². The number of aliphatic hydroxyl groups is 2. The molecule has 1 aromatic carbocycles. The molecule has 5 fully saturated rings. The van der Waals surface area contributed by atoms with Crippen molar-refractivity contribution < 1.29 is 62.7 Å². The van der Waals surface area contributed by atoms with Crippen LogP contribution < -0.4 is 10.6 Å². The first-order chi connectivity index (χ1) is 27.7. The molecule has 2 bridgehead atoms. The predicted molar refractivity (Wildman–Crippen MR) is 206 cm³/mol. The molecule has 2 amide bonds. The number of hydroxylamine groups is 2. The number of hydrogen-bond donors (Lipinski definition) is 4. The number of cyclic esters (lactones) is 1. The highest BCUT2D eigenvalue weighted by molar-refractivity contribution is 5.96. The van der Waals surface area contributed by atoms with Gasteiger partial charge in [0.1, 0.15) is 42.5 Å². The Morgan fingerprint density at radius 1 is 1.03 bits per heavy atom. The van der Waals surface area contributed by atoms with Gasteiger partial charge in [0.15, 0.2) is 11.8 Å². The molecule has 16 nitrogen and oxygen atoms in total. The Hall–Kier alpha value is -3.93. The van der Waals surface area contributed by atoms with Crippen molar-refractivity contribution in [2.45, 2.75) is 153 Å². The minimum absolute atomic E-state index is 0.0113. The molecule has 0 aromatic heterocycles. The summed E-state index contributed by atoms with van der Waals surface area (Å²) in [4.78, 5) is 73.8. The smallest absolute Gasteiger partial charge is 0.348 e. The maximum atomic E-state index is 14.8. The lowest BCUT2D eigenvalue weighted by molar-refractivity contribution is -0.224.